The molecule has 0 spiro atoms. The van der Waals surface area contributed by atoms with Crippen molar-refractivity contribution in [2.75, 3.05) is 6.61 Å². The van der Waals surface area contributed by atoms with Gasteiger partial charge in [0.15, 0.2) is 23.0 Å². The maximum absolute atomic E-state index is 10.1. The Kier molecular flexibility index (Phi) is 3.03. The fraction of sp³-hybridized carbons (Fsp3) is 0.417. The third kappa shape index (κ3) is 1.78. The topological polar surface area (TPSA) is 134 Å². The first-order valence-corrected chi connectivity index (χ1v) is 6.03. The van der Waals surface area contributed by atoms with Crippen LogP contribution in [0.25, 0.3) is 11.2 Å². The SMILES string of the molecule is C#C[C@]1(CO)O[C@@H](n2cnc3c(O)ncnc32)C(O)C1O. The number of nitrogens with zero attached hydrogens (tertiary/aromatic N) is 4. The summed E-state index contributed by atoms with van der Waals surface area (Å²) in [6, 6.07) is 0. The zero-order valence-corrected chi connectivity index (χ0v) is 10.7. The molecule has 9 nitrogen and oxygen atoms in total. The highest BCUT2D eigenvalue weighted by Crippen LogP contribution is 2.38. The minimum absolute atomic E-state index is 0.116. The van der Waals surface area contributed by atoms with Gasteiger partial charge in [0.1, 0.15) is 18.5 Å². The summed E-state index contributed by atoms with van der Waals surface area (Å²) in [5.74, 6) is 1.84. The summed E-state index contributed by atoms with van der Waals surface area (Å²) in [5, 5.41) is 39.1. The number of ether oxygens (including phenoxy) is 1. The third-order valence-electron chi connectivity index (χ3n) is 3.52. The first kappa shape index (κ1) is 13.7. The molecule has 4 N–H and O–H groups in total. The van der Waals surface area contributed by atoms with Crippen LogP contribution in [0, 0.1) is 12.3 Å². The van der Waals surface area contributed by atoms with Crippen LogP contribution in [-0.2, 0) is 4.74 Å². The van der Waals surface area contributed by atoms with Gasteiger partial charge in [-0.1, -0.05) is 5.92 Å². The van der Waals surface area contributed by atoms with Gasteiger partial charge in [-0.05, 0) is 0 Å². The van der Waals surface area contributed by atoms with Crippen LogP contribution in [0.3, 0.4) is 0 Å². The van der Waals surface area contributed by atoms with E-state index in [1.165, 1.54) is 10.9 Å². The first-order valence-electron chi connectivity index (χ1n) is 6.03. The second kappa shape index (κ2) is 4.64. The van der Waals surface area contributed by atoms with Crippen molar-refractivity contribution < 1.29 is 25.2 Å². The molecule has 2 unspecified atom stereocenters. The number of aromatic nitrogens is 4. The number of imidazole rings is 1. The summed E-state index contributed by atoms with van der Waals surface area (Å²) >= 11 is 0. The van der Waals surface area contributed by atoms with Crippen molar-refractivity contribution in [1.29, 1.82) is 0 Å². The molecule has 1 aliphatic rings. The number of aliphatic hydroxyl groups is 3. The average molecular weight is 292 g/mol. The van der Waals surface area contributed by atoms with Crippen molar-refractivity contribution in [3.63, 3.8) is 0 Å². The van der Waals surface area contributed by atoms with Gasteiger partial charge in [-0.3, -0.25) is 4.57 Å². The molecule has 0 saturated carbocycles. The van der Waals surface area contributed by atoms with E-state index in [0.29, 0.717) is 0 Å². The van der Waals surface area contributed by atoms with E-state index >= 15 is 0 Å². The Bertz CT molecular complexity index is 726. The van der Waals surface area contributed by atoms with Gasteiger partial charge in [0.05, 0.1) is 12.9 Å². The quantitative estimate of drug-likeness (QED) is 0.474. The van der Waals surface area contributed by atoms with Gasteiger partial charge in [-0.2, -0.15) is 4.98 Å². The minimum Gasteiger partial charge on any atom is -0.492 e. The summed E-state index contributed by atoms with van der Waals surface area (Å²) in [7, 11) is 0. The average Bonchev–Trinajstić information content (AvgIpc) is 3.02. The molecule has 1 fully saturated rings. The Morgan fingerprint density at radius 2 is 2.14 bits per heavy atom. The number of aromatic hydroxyl groups is 1. The summed E-state index contributed by atoms with van der Waals surface area (Å²) in [6.07, 6.45) is 3.68. The van der Waals surface area contributed by atoms with Gasteiger partial charge >= 0.3 is 0 Å². The largest absolute Gasteiger partial charge is 0.492 e. The molecular formula is C12H12N4O5. The van der Waals surface area contributed by atoms with E-state index in [-0.39, 0.29) is 17.0 Å². The molecule has 9 heteroatoms. The smallest absolute Gasteiger partial charge is 0.242 e. The molecule has 110 valence electrons. The van der Waals surface area contributed by atoms with Gasteiger partial charge in [-0.15, -0.1) is 6.42 Å². The van der Waals surface area contributed by atoms with Gasteiger partial charge in [0.2, 0.25) is 5.88 Å². The van der Waals surface area contributed by atoms with E-state index in [1.807, 2.05) is 0 Å². The molecular weight excluding hydrogens is 280 g/mol. The summed E-state index contributed by atoms with van der Waals surface area (Å²) in [5.41, 5.74) is -1.40. The molecule has 0 bridgehead atoms. The van der Waals surface area contributed by atoms with Crippen LogP contribution >= 0.6 is 0 Å². The van der Waals surface area contributed by atoms with Crippen LogP contribution in [-0.4, -0.2) is 64.4 Å². The second-order valence-electron chi connectivity index (χ2n) is 4.66. The lowest BCUT2D eigenvalue weighted by Gasteiger charge is -2.23. The molecule has 2 aromatic heterocycles. The molecule has 0 aromatic carbocycles. The molecule has 3 rings (SSSR count). The van der Waals surface area contributed by atoms with Crippen molar-refractivity contribution in [3.05, 3.63) is 12.7 Å². The number of hydrogen-bond acceptors (Lipinski definition) is 8. The van der Waals surface area contributed by atoms with Crippen LogP contribution in [0.2, 0.25) is 0 Å². The highest BCUT2D eigenvalue weighted by atomic mass is 16.6. The fourth-order valence-electron chi connectivity index (χ4n) is 2.33. The van der Waals surface area contributed by atoms with Gasteiger partial charge in [0.25, 0.3) is 0 Å². The van der Waals surface area contributed by atoms with Gasteiger partial charge in [0, 0.05) is 0 Å². The number of fused-ring (bicyclic) bond motifs is 1. The van der Waals surface area contributed by atoms with E-state index in [2.05, 4.69) is 20.9 Å². The number of rotatable bonds is 2. The Morgan fingerprint density at radius 1 is 1.38 bits per heavy atom. The molecule has 0 amide bonds. The minimum atomic E-state index is -1.71. The Morgan fingerprint density at radius 3 is 2.76 bits per heavy atom. The lowest BCUT2D eigenvalue weighted by atomic mass is 9.97. The zero-order chi connectivity index (χ0) is 15.2. The Balaban J connectivity index is 2.08. The summed E-state index contributed by atoms with van der Waals surface area (Å²) in [4.78, 5) is 11.5. The van der Waals surface area contributed by atoms with E-state index in [0.717, 1.165) is 6.33 Å². The first-order chi connectivity index (χ1) is 10.0. The highest BCUT2D eigenvalue weighted by molar-refractivity contribution is 5.75. The zero-order valence-electron chi connectivity index (χ0n) is 10.7. The normalized spacial score (nSPS) is 32.4. The number of hydrogen-bond donors (Lipinski definition) is 4. The van der Waals surface area contributed by atoms with Crippen molar-refractivity contribution in [2.45, 2.75) is 24.0 Å². The standard InChI is InChI=1S/C12H12N4O5/c1-2-12(3-17)8(19)7(18)11(21-12)16-5-15-6-9(16)13-4-14-10(6)20/h1,4-5,7-8,11,17-19H,3H2,(H,13,14,20)/t7?,8?,11-,12-/m1/s1. The predicted molar refractivity (Wildman–Crippen MR) is 67.8 cm³/mol. The van der Waals surface area contributed by atoms with Crippen molar-refractivity contribution >= 4 is 11.2 Å². The molecule has 21 heavy (non-hydrogen) atoms. The van der Waals surface area contributed by atoms with Crippen molar-refractivity contribution in [2.24, 2.45) is 0 Å². The van der Waals surface area contributed by atoms with Gasteiger partial charge < -0.3 is 25.2 Å². The molecule has 3 heterocycles. The molecule has 1 saturated heterocycles. The maximum atomic E-state index is 10.1. The Hall–Kier alpha value is -2.25. The second-order valence-corrected chi connectivity index (χ2v) is 4.66. The van der Waals surface area contributed by atoms with Crippen molar-refractivity contribution in [3.8, 4) is 18.2 Å². The highest BCUT2D eigenvalue weighted by Gasteiger charge is 2.54. The lowest BCUT2D eigenvalue weighted by molar-refractivity contribution is -0.0911. The van der Waals surface area contributed by atoms with Crippen LogP contribution in [0.4, 0.5) is 0 Å². The monoisotopic (exact) mass is 292 g/mol. The molecule has 2 aromatic rings. The van der Waals surface area contributed by atoms with Gasteiger partial charge in [-0.25, -0.2) is 9.97 Å². The lowest BCUT2D eigenvalue weighted by Crippen LogP contribution is -2.44. The number of terminal acetylenes is 1. The van der Waals surface area contributed by atoms with Crippen LogP contribution in [0.1, 0.15) is 6.23 Å². The third-order valence-corrected chi connectivity index (χ3v) is 3.52. The van der Waals surface area contributed by atoms with Crippen LogP contribution < -0.4 is 0 Å². The summed E-state index contributed by atoms with van der Waals surface area (Å²) < 4.78 is 6.76. The van der Waals surface area contributed by atoms with E-state index in [9.17, 15) is 20.4 Å². The molecule has 1 aliphatic heterocycles. The molecule has 0 radical (unpaired) electrons. The fourth-order valence-corrected chi connectivity index (χ4v) is 2.33. The summed E-state index contributed by atoms with van der Waals surface area (Å²) in [6.45, 7) is -0.662. The van der Waals surface area contributed by atoms with Crippen LogP contribution in [0.5, 0.6) is 5.88 Å². The Labute approximate surface area is 118 Å². The maximum Gasteiger partial charge on any atom is 0.242 e. The number of aliphatic hydroxyl groups excluding tert-OH is 3. The molecule has 0 aliphatic carbocycles. The van der Waals surface area contributed by atoms with E-state index in [4.69, 9.17) is 11.2 Å². The van der Waals surface area contributed by atoms with E-state index in [1.54, 1.807) is 0 Å². The van der Waals surface area contributed by atoms with Crippen molar-refractivity contribution in [1.82, 2.24) is 19.5 Å². The van der Waals surface area contributed by atoms with E-state index < -0.39 is 30.6 Å². The van der Waals surface area contributed by atoms with Crippen LogP contribution in [0.15, 0.2) is 12.7 Å². The predicted octanol–water partition coefficient (Wildman–Crippen LogP) is -1.85. The molecule has 4 atom stereocenters.